The Labute approximate surface area is 175 Å². The second-order valence-corrected chi connectivity index (χ2v) is 7.20. The van der Waals surface area contributed by atoms with Crippen LogP contribution in [0, 0.1) is 20.8 Å². The van der Waals surface area contributed by atoms with E-state index in [2.05, 4.69) is 5.32 Å². The Bertz CT molecular complexity index is 1100. The molecule has 0 bridgehead atoms. The lowest BCUT2D eigenvalue weighted by Gasteiger charge is -2.09. The molecule has 1 N–H and O–H groups in total. The molecule has 0 heterocycles. The van der Waals surface area contributed by atoms with Crippen LogP contribution in [-0.2, 0) is 4.74 Å². The van der Waals surface area contributed by atoms with Crippen LogP contribution in [0.2, 0.25) is 0 Å². The van der Waals surface area contributed by atoms with E-state index in [-0.39, 0.29) is 23.9 Å². The number of aryl methyl sites for hydroxylation is 3. The van der Waals surface area contributed by atoms with Gasteiger partial charge in [0.15, 0.2) is 12.4 Å². The zero-order valence-electron chi connectivity index (χ0n) is 17.2. The fourth-order valence-electron chi connectivity index (χ4n) is 2.84. The lowest BCUT2D eigenvalue weighted by molar-refractivity contribution is 0.0474. The van der Waals surface area contributed by atoms with E-state index >= 15 is 0 Å². The molecule has 5 heteroatoms. The van der Waals surface area contributed by atoms with Crippen molar-refractivity contribution in [2.75, 3.05) is 11.9 Å². The minimum absolute atomic E-state index is 0.254. The molecule has 3 rings (SSSR count). The van der Waals surface area contributed by atoms with Crippen LogP contribution in [-0.4, -0.2) is 24.3 Å². The summed E-state index contributed by atoms with van der Waals surface area (Å²) in [7, 11) is 0. The summed E-state index contributed by atoms with van der Waals surface area (Å²) in [5, 5.41) is 2.76. The molecule has 152 valence electrons. The molecule has 0 spiro atoms. The van der Waals surface area contributed by atoms with Crippen LogP contribution in [0.5, 0.6) is 0 Å². The summed E-state index contributed by atoms with van der Waals surface area (Å²) in [6.45, 7) is 5.49. The molecule has 30 heavy (non-hydrogen) atoms. The van der Waals surface area contributed by atoms with Gasteiger partial charge in [-0.15, -0.1) is 0 Å². The van der Waals surface area contributed by atoms with Crippen LogP contribution in [0.25, 0.3) is 0 Å². The van der Waals surface area contributed by atoms with Gasteiger partial charge in [0, 0.05) is 16.8 Å². The first kappa shape index (κ1) is 21.0. The fourth-order valence-corrected chi connectivity index (χ4v) is 2.84. The molecule has 0 radical (unpaired) electrons. The highest BCUT2D eigenvalue weighted by molar-refractivity contribution is 6.05. The van der Waals surface area contributed by atoms with Crippen molar-refractivity contribution in [3.8, 4) is 0 Å². The number of ketones is 1. The predicted molar refractivity (Wildman–Crippen MR) is 116 cm³/mol. The van der Waals surface area contributed by atoms with Gasteiger partial charge >= 0.3 is 5.97 Å². The van der Waals surface area contributed by atoms with Crippen molar-refractivity contribution in [1.82, 2.24) is 0 Å². The lowest BCUT2D eigenvalue weighted by atomic mass is 10.0. The number of carbonyl (C=O) groups excluding carboxylic acids is 3. The molecule has 0 aliphatic rings. The number of ether oxygens (including phenoxy) is 1. The van der Waals surface area contributed by atoms with E-state index in [9.17, 15) is 14.4 Å². The van der Waals surface area contributed by atoms with Crippen LogP contribution in [0.3, 0.4) is 0 Å². The Balaban J connectivity index is 1.62. The van der Waals surface area contributed by atoms with Crippen LogP contribution in [0.4, 0.5) is 5.69 Å². The highest BCUT2D eigenvalue weighted by Crippen LogP contribution is 2.15. The van der Waals surface area contributed by atoms with Crippen LogP contribution in [0.15, 0.2) is 66.7 Å². The number of hydrogen-bond acceptors (Lipinski definition) is 4. The van der Waals surface area contributed by atoms with Crippen molar-refractivity contribution in [3.63, 3.8) is 0 Å². The summed E-state index contributed by atoms with van der Waals surface area (Å²) in [6.07, 6.45) is 0. The molecule has 5 nitrogen and oxygen atoms in total. The topological polar surface area (TPSA) is 72.5 Å². The van der Waals surface area contributed by atoms with Gasteiger partial charge in [-0.2, -0.15) is 0 Å². The zero-order valence-corrected chi connectivity index (χ0v) is 17.2. The SMILES string of the molecule is Cc1ccc(C(=O)Nc2cccc(C(=O)OCC(=O)c3ccc(C)c(C)c3)c2)cc1. The van der Waals surface area contributed by atoms with Gasteiger partial charge in [-0.3, -0.25) is 9.59 Å². The molecular formula is C25H23NO4. The van der Waals surface area contributed by atoms with E-state index in [1.54, 1.807) is 42.5 Å². The third-order valence-electron chi connectivity index (χ3n) is 4.83. The maximum absolute atomic E-state index is 12.4. The molecule has 3 aromatic carbocycles. The first-order chi connectivity index (χ1) is 14.3. The number of nitrogens with one attached hydrogen (secondary N) is 1. The normalized spacial score (nSPS) is 10.4. The average molecular weight is 401 g/mol. The number of carbonyl (C=O) groups is 3. The molecule has 0 aliphatic carbocycles. The molecule has 0 saturated carbocycles. The Morgan fingerprint density at radius 3 is 2.17 bits per heavy atom. The van der Waals surface area contributed by atoms with Gasteiger partial charge in [-0.1, -0.05) is 35.9 Å². The summed E-state index contributed by atoms with van der Waals surface area (Å²) >= 11 is 0. The van der Waals surface area contributed by atoms with E-state index in [0.717, 1.165) is 16.7 Å². The summed E-state index contributed by atoms with van der Waals surface area (Å²) in [6, 6.07) is 19.0. The molecule has 0 atom stereocenters. The first-order valence-corrected chi connectivity index (χ1v) is 9.59. The smallest absolute Gasteiger partial charge is 0.338 e. The van der Waals surface area contributed by atoms with Crippen molar-refractivity contribution < 1.29 is 19.1 Å². The van der Waals surface area contributed by atoms with Crippen molar-refractivity contribution in [2.45, 2.75) is 20.8 Å². The highest BCUT2D eigenvalue weighted by atomic mass is 16.5. The number of hydrogen-bond donors (Lipinski definition) is 1. The first-order valence-electron chi connectivity index (χ1n) is 9.59. The summed E-state index contributed by atoms with van der Waals surface area (Å²) in [4.78, 5) is 37.0. The molecule has 0 unspecified atom stereocenters. The van der Waals surface area contributed by atoms with E-state index in [4.69, 9.17) is 4.74 Å². The number of esters is 1. The second-order valence-electron chi connectivity index (χ2n) is 7.20. The number of amides is 1. The molecular weight excluding hydrogens is 378 g/mol. The van der Waals surface area contributed by atoms with Crippen molar-refractivity contribution in [3.05, 3.63) is 100 Å². The summed E-state index contributed by atoms with van der Waals surface area (Å²) in [5.74, 6) is -1.17. The fraction of sp³-hybridized carbons (Fsp3) is 0.160. The molecule has 0 fully saturated rings. The van der Waals surface area contributed by atoms with Gasteiger partial charge in [0.05, 0.1) is 5.56 Å². The van der Waals surface area contributed by atoms with Gasteiger partial charge in [0.25, 0.3) is 5.91 Å². The predicted octanol–water partition coefficient (Wildman–Crippen LogP) is 4.90. The van der Waals surface area contributed by atoms with Crippen molar-refractivity contribution in [2.24, 2.45) is 0 Å². The minimum Gasteiger partial charge on any atom is -0.454 e. The Hall–Kier alpha value is -3.73. The average Bonchev–Trinajstić information content (AvgIpc) is 2.74. The quantitative estimate of drug-likeness (QED) is 0.471. The second kappa shape index (κ2) is 9.18. The third kappa shape index (κ3) is 5.20. The van der Waals surface area contributed by atoms with Gasteiger partial charge in [-0.05, 0) is 68.3 Å². The highest BCUT2D eigenvalue weighted by Gasteiger charge is 2.14. The van der Waals surface area contributed by atoms with Crippen LogP contribution >= 0.6 is 0 Å². The van der Waals surface area contributed by atoms with E-state index in [1.807, 2.05) is 39.0 Å². The van der Waals surface area contributed by atoms with E-state index in [0.29, 0.717) is 16.8 Å². The monoisotopic (exact) mass is 401 g/mol. The van der Waals surface area contributed by atoms with Crippen molar-refractivity contribution in [1.29, 1.82) is 0 Å². The number of benzene rings is 3. The third-order valence-corrected chi connectivity index (χ3v) is 4.83. The number of rotatable bonds is 6. The van der Waals surface area contributed by atoms with Gasteiger partial charge in [0.2, 0.25) is 0 Å². The molecule has 0 aromatic heterocycles. The Morgan fingerprint density at radius 1 is 0.767 bits per heavy atom. The molecule has 0 saturated heterocycles. The zero-order chi connectivity index (χ0) is 21.7. The lowest BCUT2D eigenvalue weighted by Crippen LogP contribution is -2.15. The van der Waals surface area contributed by atoms with Crippen molar-refractivity contribution >= 4 is 23.3 Å². The number of anilines is 1. The maximum atomic E-state index is 12.4. The Morgan fingerprint density at radius 2 is 1.47 bits per heavy atom. The van der Waals surface area contributed by atoms with Crippen LogP contribution < -0.4 is 5.32 Å². The molecule has 3 aromatic rings. The van der Waals surface area contributed by atoms with E-state index < -0.39 is 5.97 Å². The van der Waals surface area contributed by atoms with Crippen LogP contribution in [0.1, 0.15) is 47.8 Å². The molecule has 1 amide bonds. The summed E-state index contributed by atoms with van der Waals surface area (Å²) in [5.41, 5.74) is 4.90. The van der Waals surface area contributed by atoms with Gasteiger partial charge in [0.1, 0.15) is 0 Å². The standard InChI is InChI=1S/C25H23NO4/c1-16-7-10-19(11-8-16)24(28)26-22-6-4-5-21(14-22)25(29)30-15-23(27)20-12-9-17(2)18(3)13-20/h4-14H,15H2,1-3H3,(H,26,28). The minimum atomic E-state index is -0.626. The Kier molecular flexibility index (Phi) is 6.42. The summed E-state index contributed by atoms with van der Waals surface area (Å²) < 4.78 is 5.17. The maximum Gasteiger partial charge on any atom is 0.338 e. The van der Waals surface area contributed by atoms with Gasteiger partial charge < -0.3 is 10.1 Å². The largest absolute Gasteiger partial charge is 0.454 e. The van der Waals surface area contributed by atoms with E-state index in [1.165, 1.54) is 6.07 Å². The number of Topliss-reactive ketones (excluding diaryl/α,β-unsaturated/α-hetero) is 1. The molecule has 0 aliphatic heterocycles. The van der Waals surface area contributed by atoms with Gasteiger partial charge in [-0.25, -0.2) is 4.79 Å².